The molecule has 19 heavy (non-hydrogen) atoms. The molecule has 0 unspecified atom stereocenters. The lowest BCUT2D eigenvalue weighted by atomic mass is 10.1. The van der Waals surface area contributed by atoms with Gasteiger partial charge in [0.1, 0.15) is 0 Å². The minimum Gasteiger partial charge on any atom is -0.291 e. The van der Waals surface area contributed by atoms with Crippen molar-refractivity contribution >= 4 is 11.3 Å². The van der Waals surface area contributed by atoms with Crippen LogP contribution < -0.4 is 0 Å². The summed E-state index contributed by atoms with van der Waals surface area (Å²) in [4.78, 5) is 3.95. The molecule has 96 valence electrons. The van der Waals surface area contributed by atoms with E-state index in [9.17, 15) is 0 Å². The minimum absolute atomic E-state index is 0.729. The Kier molecular flexibility index (Phi) is 3.63. The fourth-order valence-electron chi connectivity index (χ4n) is 2.33. The van der Waals surface area contributed by atoms with Crippen LogP contribution in [0, 0.1) is 11.3 Å². The Hall–Kier alpha value is -1.63. The van der Waals surface area contributed by atoms with Gasteiger partial charge in [0.2, 0.25) is 0 Å². The lowest BCUT2D eigenvalue weighted by molar-refractivity contribution is 0.248. The Morgan fingerprint density at radius 3 is 2.79 bits per heavy atom. The van der Waals surface area contributed by atoms with Crippen LogP contribution in [0.5, 0.6) is 0 Å². The van der Waals surface area contributed by atoms with E-state index in [1.54, 1.807) is 0 Å². The van der Waals surface area contributed by atoms with Crippen molar-refractivity contribution < 1.29 is 0 Å². The Morgan fingerprint density at radius 2 is 2.11 bits per heavy atom. The summed E-state index contributed by atoms with van der Waals surface area (Å²) in [6, 6.07) is 15.2. The van der Waals surface area contributed by atoms with Crippen molar-refractivity contribution in [1.82, 2.24) is 4.90 Å². The van der Waals surface area contributed by atoms with E-state index < -0.39 is 0 Å². The Balaban J connectivity index is 1.72. The van der Waals surface area contributed by atoms with Gasteiger partial charge in [-0.05, 0) is 42.0 Å². The third-order valence-corrected chi connectivity index (χ3v) is 4.31. The molecule has 2 nitrogen and oxygen atoms in total. The normalized spacial score (nSPS) is 14.5. The first kappa shape index (κ1) is 12.4. The molecule has 1 aromatic carbocycles. The molecular formula is C16H16N2S. The highest BCUT2D eigenvalue weighted by Crippen LogP contribution is 2.30. The van der Waals surface area contributed by atoms with E-state index in [1.165, 1.54) is 23.3 Å². The van der Waals surface area contributed by atoms with Crippen LogP contribution in [0.25, 0.3) is 0 Å². The second kappa shape index (κ2) is 5.56. The van der Waals surface area contributed by atoms with Gasteiger partial charge in [0.15, 0.2) is 0 Å². The third-order valence-electron chi connectivity index (χ3n) is 3.44. The average molecular weight is 268 g/mol. The Morgan fingerprint density at radius 1 is 1.21 bits per heavy atom. The standard InChI is InChI=1S/C16H16N2S/c17-10-13-3-1-4-14(9-13)11-18(15-6-7-15)12-16-5-2-8-19-16/h1-5,8-9,15H,6-7,11-12H2. The van der Waals surface area contributed by atoms with Gasteiger partial charge in [-0.2, -0.15) is 5.26 Å². The summed E-state index contributed by atoms with van der Waals surface area (Å²) in [6.07, 6.45) is 2.62. The zero-order valence-corrected chi connectivity index (χ0v) is 11.6. The van der Waals surface area contributed by atoms with E-state index in [2.05, 4.69) is 34.5 Å². The van der Waals surface area contributed by atoms with Crippen molar-refractivity contribution in [2.24, 2.45) is 0 Å². The van der Waals surface area contributed by atoms with Crippen molar-refractivity contribution in [2.75, 3.05) is 0 Å². The van der Waals surface area contributed by atoms with Crippen molar-refractivity contribution in [2.45, 2.75) is 32.0 Å². The highest BCUT2D eigenvalue weighted by molar-refractivity contribution is 7.09. The van der Waals surface area contributed by atoms with E-state index in [0.29, 0.717) is 0 Å². The van der Waals surface area contributed by atoms with Crippen molar-refractivity contribution in [3.05, 3.63) is 57.8 Å². The van der Waals surface area contributed by atoms with Crippen LogP contribution in [0.15, 0.2) is 41.8 Å². The summed E-state index contributed by atoms with van der Waals surface area (Å²) in [5.74, 6) is 0. The van der Waals surface area contributed by atoms with Crippen LogP contribution in [-0.2, 0) is 13.1 Å². The quantitative estimate of drug-likeness (QED) is 0.825. The number of benzene rings is 1. The molecular weight excluding hydrogens is 252 g/mol. The highest BCUT2D eigenvalue weighted by Gasteiger charge is 2.29. The molecule has 0 bridgehead atoms. The van der Waals surface area contributed by atoms with E-state index >= 15 is 0 Å². The molecule has 1 aromatic heterocycles. The summed E-state index contributed by atoms with van der Waals surface area (Å²) in [5, 5.41) is 11.1. The molecule has 0 spiro atoms. The van der Waals surface area contributed by atoms with Crippen LogP contribution in [0.4, 0.5) is 0 Å². The number of rotatable bonds is 5. The topological polar surface area (TPSA) is 27.0 Å². The molecule has 1 aliphatic rings. The second-order valence-corrected chi connectivity index (χ2v) is 6.06. The van der Waals surface area contributed by atoms with Gasteiger partial charge in [0.05, 0.1) is 11.6 Å². The maximum atomic E-state index is 8.96. The first-order chi connectivity index (χ1) is 9.35. The number of nitriles is 1. The maximum Gasteiger partial charge on any atom is 0.0991 e. The van der Waals surface area contributed by atoms with Crippen LogP contribution >= 0.6 is 11.3 Å². The van der Waals surface area contributed by atoms with Crippen molar-refractivity contribution in [3.63, 3.8) is 0 Å². The fourth-order valence-corrected chi connectivity index (χ4v) is 3.06. The molecule has 0 aliphatic heterocycles. The maximum absolute atomic E-state index is 8.96. The number of hydrogen-bond acceptors (Lipinski definition) is 3. The van der Waals surface area contributed by atoms with E-state index in [4.69, 9.17) is 5.26 Å². The van der Waals surface area contributed by atoms with Gasteiger partial charge < -0.3 is 0 Å². The smallest absolute Gasteiger partial charge is 0.0991 e. The predicted octanol–water partition coefficient (Wildman–Crippen LogP) is 3.78. The number of nitrogens with zero attached hydrogens (tertiary/aromatic N) is 2. The van der Waals surface area contributed by atoms with Gasteiger partial charge in [-0.15, -0.1) is 11.3 Å². The third kappa shape index (κ3) is 3.23. The summed E-state index contributed by atoms with van der Waals surface area (Å²) in [6.45, 7) is 1.97. The molecule has 0 amide bonds. The molecule has 1 heterocycles. The van der Waals surface area contributed by atoms with E-state index in [-0.39, 0.29) is 0 Å². The highest BCUT2D eigenvalue weighted by atomic mass is 32.1. The molecule has 1 aliphatic carbocycles. The monoisotopic (exact) mass is 268 g/mol. The average Bonchev–Trinajstić information content (AvgIpc) is 3.17. The van der Waals surface area contributed by atoms with Crippen LogP contribution in [0.2, 0.25) is 0 Å². The summed E-state index contributed by atoms with van der Waals surface area (Å²) < 4.78 is 0. The van der Waals surface area contributed by atoms with E-state index in [0.717, 1.165) is 24.7 Å². The van der Waals surface area contributed by atoms with Gasteiger partial charge in [0.25, 0.3) is 0 Å². The first-order valence-corrected chi connectivity index (χ1v) is 7.48. The lowest BCUT2D eigenvalue weighted by Gasteiger charge is -2.21. The summed E-state index contributed by atoms with van der Waals surface area (Å²) in [7, 11) is 0. The molecule has 0 radical (unpaired) electrons. The number of hydrogen-bond donors (Lipinski definition) is 0. The molecule has 1 fully saturated rings. The van der Waals surface area contributed by atoms with Gasteiger partial charge in [-0.25, -0.2) is 0 Å². The van der Waals surface area contributed by atoms with Crippen LogP contribution in [0.3, 0.4) is 0 Å². The molecule has 0 atom stereocenters. The van der Waals surface area contributed by atoms with E-state index in [1.807, 2.05) is 29.5 Å². The minimum atomic E-state index is 0.729. The van der Waals surface area contributed by atoms with Gasteiger partial charge in [0, 0.05) is 24.0 Å². The van der Waals surface area contributed by atoms with Crippen molar-refractivity contribution in [3.8, 4) is 6.07 Å². The SMILES string of the molecule is N#Cc1cccc(CN(Cc2cccs2)C2CC2)c1. The number of thiophene rings is 1. The Bertz CT molecular complexity index is 579. The first-order valence-electron chi connectivity index (χ1n) is 6.60. The zero-order chi connectivity index (χ0) is 13.1. The molecule has 0 N–H and O–H groups in total. The molecule has 3 rings (SSSR count). The van der Waals surface area contributed by atoms with Gasteiger partial charge in [-0.1, -0.05) is 18.2 Å². The molecule has 3 heteroatoms. The Labute approximate surface area is 117 Å². The van der Waals surface area contributed by atoms with Crippen LogP contribution in [-0.4, -0.2) is 10.9 Å². The molecule has 2 aromatic rings. The summed E-state index contributed by atoms with van der Waals surface area (Å²) in [5.41, 5.74) is 1.99. The van der Waals surface area contributed by atoms with Crippen molar-refractivity contribution in [1.29, 1.82) is 5.26 Å². The predicted molar refractivity (Wildman–Crippen MR) is 77.7 cm³/mol. The van der Waals surface area contributed by atoms with Crippen LogP contribution in [0.1, 0.15) is 28.8 Å². The zero-order valence-electron chi connectivity index (χ0n) is 10.7. The molecule has 0 saturated heterocycles. The fraction of sp³-hybridized carbons (Fsp3) is 0.312. The second-order valence-electron chi connectivity index (χ2n) is 5.03. The lowest BCUT2D eigenvalue weighted by Crippen LogP contribution is -2.24. The molecule has 1 saturated carbocycles. The largest absolute Gasteiger partial charge is 0.291 e. The summed E-state index contributed by atoms with van der Waals surface area (Å²) >= 11 is 1.82. The van der Waals surface area contributed by atoms with Gasteiger partial charge >= 0.3 is 0 Å². The van der Waals surface area contributed by atoms with Gasteiger partial charge in [-0.3, -0.25) is 4.90 Å².